The number of carbonyl (C=O) groups excluding carboxylic acids is 1. The van der Waals surface area contributed by atoms with E-state index in [2.05, 4.69) is 6.92 Å². The maximum Gasteiger partial charge on any atom is 0.249 e. The highest BCUT2D eigenvalue weighted by molar-refractivity contribution is 5.84. The number of alkyl halides is 2. The zero-order valence-electron chi connectivity index (χ0n) is 9.14. The highest BCUT2D eigenvalue weighted by atomic mass is 19.3. The summed E-state index contributed by atoms with van der Waals surface area (Å²) in [7, 11) is 0. The van der Waals surface area contributed by atoms with Gasteiger partial charge in [0.1, 0.15) is 5.78 Å². The van der Waals surface area contributed by atoms with Crippen molar-refractivity contribution >= 4 is 5.78 Å². The van der Waals surface area contributed by atoms with Crippen LogP contribution >= 0.6 is 0 Å². The Hall–Kier alpha value is -0.470. The van der Waals surface area contributed by atoms with Crippen molar-refractivity contribution < 1.29 is 13.6 Å². The van der Waals surface area contributed by atoms with Gasteiger partial charge >= 0.3 is 0 Å². The number of Topliss-reactive ketones (excluding diaryl/α,β-unsaturated/α-hetero) is 1. The third-order valence-electron chi connectivity index (χ3n) is 3.91. The normalized spacial score (nSPS) is 35.9. The van der Waals surface area contributed by atoms with Crippen molar-refractivity contribution in [2.75, 3.05) is 0 Å². The summed E-state index contributed by atoms with van der Waals surface area (Å²) in [5.41, 5.74) is 0. The van der Waals surface area contributed by atoms with E-state index >= 15 is 0 Å². The quantitative estimate of drug-likeness (QED) is 0.691. The monoisotopic (exact) mass is 216 g/mol. The predicted molar refractivity (Wildman–Crippen MR) is 53.8 cm³/mol. The summed E-state index contributed by atoms with van der Waals surface area (Å²) in [6, 6.07) is 0. The molecular formula is C12H18F2O. The molecule has 0 aromatic heterocycles. The fraction of sp³-hybridized carbons (Fsp3) is 0.917. The minimum absolute atomic E-state index is 0.0855. The molecule has 0 aromatic carbocycles. The van der Waals surface area contributed by atoms with Crippen molar-refractivity contribution in [2.45, 2.75) is 51.4 Å². The molecular weight excluding hydrogens is 198 g/mol. The van der Waals surface area contributed by atoms with E-state index in [-0.39, 0.29) is 30.5 Å². The number of hydrogen-bond donors (Lipinski definition) is 0. The summed E-state index contributed by atoms with van der Waals surface area (Å²) in [5.74, 6) is -1.98. The van der Waals surface area contributed by atoms with Crippen molar-refractivity contribution in [3.8, 4) is 0 Å². The molecule has 0 saturated heterocycles. The molecule has 15 heavy (non-hydrogen) atoms. The molecule has 2 fully saturated rings. The third-order valence-corrected chi connectivity index (χ3v) is 3.91. The van der Waals surface area contributed by atoms with Crippen LogP contribution in [0.3, 0.4) is 0 Å². The highest BCUT2D eigenvalue weighted by Gasteiger charge is 2.49. The van der Waals surface area contributed by atoms with Crippen molar-refractivity contribution in [1.29, 1.82) is 0 Å². The van der Waals surface area contributed by atoms with Crippen LogP contribution in [0.2, 0.25) is 0 Å². The van der Waals surface area contributed by atoms with Gasteiger partial charge in [-0.15, -0.1) is 0 Å². The largest absolute Gasteiger partial charge is 0.299 e. The molecule has 0 amide bonds. The zero-order valence-corrected chi connectivity index (χ0v) is 9.14. The van der Waals surface area contributed by atoms with Crippen LogP contribution in [0.5, 0.6) is 0 Å². The van der Waals surface area contributed by atoms with Gasteiger partial charge in [0.05, 0.1) is 0 Å². The summed E-state index contributed by atoms with van der Waals surface area (Å²) < 4.78 is 25.3. The van der Waals surface area contributed by atoms with E-state index in [0.29, 0.717) is 5.92 Å². The van der Waals surface area contributed by atoms with Crippen LogP contribution in [0, 0.1) is 17.8 Å². The van der Waals surface area contributed by atoms with Crippen LogP contribution in [0.15, 0.2) is 0 Å². The van der Waals surface area contributed by atoms with Gasteiger partial charge in [0.15, 0.2) is 0 Å². The van der Waals surface area contributed by atoms with Crippen LogP contribution < -0.4 is 0 Å². The Morgan fingerprint density at radius 2 is 1.60 bits per heavy atom. The van der Waals surface area contributed by atoms with Crippen LogP contribution in [0.25, 0.3) is 0 Å². The first-order valence-corrected chi connectivity index (χ1v) is 5.89. The van der Waals surface area contributed by atoms with Crippen LogP contribution in [0.4, 0.5) is 8.78 Å². The lowest BCUT2D eigenvalue weighted by molar-refractivity contribution is -0.152. The topological polar surface area (TPSA) is 17.1 Å². The lowest BCUT2D eigenvalue weighted by Gasteiger charge is -2.37. The van der Waals surface area contributed by atoms with E-state index in [9.17, 15) is 13.6 Å². The second-order valence-corrected chi connectivity index (χ2v) is 5.32. The smallest absolute Gasteiger partial charge is 0.249 e. The van der Waals surface area contributed by atoms with E-state index < -0.39 is 5.92 Å². The molecule has 0 bridgehead atoms. The summed E-state index contributed by atoms with van der Waals surface area (Å²) in [5, 5.41) is 0. The number of ketones is 1. The maximum atomic E-state index is 12.6. The fourth-order valence-electron chi connectivity index (χ4n) is 2.74. The van der Waals surface area contributed by atoms with E-state index in [1.165, 1.54) is 0 Å². The van der Waals surface area contributed by atoms with Crippen molar-refractivity contribution in [3.05, 3.63) is 0 Å². The molecule has 0 N–H and O–H groups in total. The molecule has 0 radical (unpaired) electrons. The zero-order chi connectivity index (χ0) is 11.1. The maximum absolute atomic E-state index is 12.6. The van der Waals surface area contributed by atoms with Gasteiger partial charge < -0.3 is 0 Å². The first-order valence-electron chi connectivity index (χ1n) is 5.89. The second-order valence-electron chi connectivity index (χ2n) is 5.32. The van der Waals surface area contributed by atoms with Crippen LogP contribution in [0.1, 0.15) is 45.4 Å². The number of rotatable bonds is 2. The molecule has 0 spiro atoms. The number of halogens is 2. The van der Waals surface area contributed by atoms with Gasteiger partial charge in [-0.25, -0.2) is 8.78 Å². The van der Waals surface area contributed by atoms with Crippen molar-refractivity contribution in [2.24, 2.45) is 17.8 Å². The highest BCUT2D eigenvalue weighted by Crippen LogP contribution is 2.45. The Balaban J connectivity index is 1.82. The van der Waals surface area contributed by atoms with Gasteiger partial charge in [0, 0.05) is 24.7 Å². The minimum Gasteiger partial charge on any atom is -0.299 e. The molecule has 0 aromatic rings. The van der Waals surface area contributed by atoms with Crippen LogP contribution in [-0.2, 0) is 4.79 Å². The van der Waals surface area contributed by atoms with E-state index in [1.807, 2.05) is 0 Å². The Morgan fingerprint density at radius 3 is 2.07 bits per heavy atom. The Bertz CT molecular complexity index is 246. The molecule has 2 rings (SSSR count). The summed E-state index contributed by atoms with van der Waals surface area (Å²) in [6.45, 7) is 2.19. The Kier molecular flexibility index (Phi) is 2.82. The van der Waals surface area contributed by atoms with E-state index in [1.54, 1.807) is 0 Å². The number of hydrogen-bond acceptors (Lipinski definition) is 1. The first kappa shape index (κ1) is 11.0. The van der Waals surface area contributed by atoms with E-state index in [0.717, 1.165) is 25.7 Å². The molecule has 0 unspecified atom stereocenters. The molecule has 86 valence electrons. The lowest BCUT2D eigenvalue weighted by atomic mass is 9.70. The second kappa shape index (κ2) is 3.84. The van der Waals surface area contributed by atoms with Crippen molar-refractivity contribution in [3.63, 3.8) is 0 Å². The average molecular weight is 216 g/mol. The van der Waals surface area contributed by atoms with Gasteiger partial charge in [-0.1, -0.05) is 19.8 Å². The average Bonchev–Trinajstić information content (AvgIpc) is 2.14. The van der Waals surface area contributed by atoms with Gasteiger partial charge in [0.25, 0.3) is 0 Å². The summed E-state index contributed by atoms with van der Waals surface area (Å²) in [4.78, 5) is 11.8. The summed E-state index contributed by atoms with van der Waals surface area (Å²) >= 11 is 0. The summed E-state index contributed by atoms with van der Waals surface area (Å²) in [6.07, 6.45) is 3.61. The molecule has 2 aliphatic rings. The van der Waals surface area contributed by atoms with Gasteiger partial charge in [0.2, 0.25) is 5.92 Å². The molecule has 2 aliphatic carbocycles. The third kappa shape index (κ3) is 2.37. The molecule has 0 heterocycles. The lowest BCUT2D eigenvalue weighted by Crippen LogP contribution is -2.42. The molecule has 2 saturated carbocycles. The van der Waals surface area contributed by atoms with Gasteiger partial charge in [-0.3, -0.25) is 4.79 Å². The SMILES string of the molecule is CC1CCC(C(=O)C2CC(F)(F)C2)CC1. The minimum atomic E-state index is -2.55. The Labute approximate surface area is 89.2 Å². The first-order chi connectivity index (χ1) is 6.98. The number of carbonyl (C=O) groups is 1. The van der Waals surface area contributed by atoms with Crippen molar-refractivity contribution in [1.82, 2.24) is 0 Å². The standard InChI is InChI=1S/C12H18F2O/c1-8-2-4-9(5-3-8)11(15)10-6-12(13,14)7-10/h8-10H,2-7H2,1H3. The van der Waals surface area contributed by atoms with Gasteiger partial charge in [-0.05, 0) is 18.8 Å². The van der Waals surface area contributed by atoms with Gasteiger partial charge in [-0.2, -0.15) is 0 Å². The fourth-order valence-corrected chi connectivity index (χ4v) is 2.74. The molecule has 0 aliphatic heterocycles. The molecule has 1 nitrogen and oxygen atoms in total. The van der Waals surface area contributed by atoms with Crippen LogP contribution in [-0.4, -0.2) is 11.7 Å². The van der Waals surface area contributed by atoms with E-state index in [4.69, 9.17) is 0 Å². The predicted octanol–water partition coefficient (Wildman–Crippen LogP) is 3.43. The Morgan fingerprint density at radius 1 is 1.07 bits per heavy atom. The molecule has 0 atom stereocenters. The molecule has 3 heteroatoms.